The molecule has 0 saturated carbocycles. The van der Waals surface area contributed by atoms with Crippen molar-refractivity contribution in [2.75, 3.05) is 19.7 Å². The number of nitrogens with zero attached hydrogens (tertiary/aromatic N) is 2. The first kappa shape index (κ1) is 10.6. The van der Waals surface area contributed by atoms with Crippen LogP contribution >= 0.6 is 0 Å². The number of likely N-dealkylation sites (tertiary alicyclic amines) is 1. The zero-order valence-corrected chi connectivity index (χ0v) is 9.15. The fraction of sp³-hybridized carbons (Fsp3) is 0.727. The molecule has 1 aromatic rings. The van der Waals surface area contributed by atoms with E-state index in [0.717, 1.165) is 37.5 Å². The number of aliphatic hydroxyl groups is 1. The molecular formula is C11H18N2O2. The third-order valence-electron chi connectivity index (χ3n) is 3.08. The van der Waals surface area contributed by atoms with Crippen molar-refractivity contribution in [1.29, 1.82) is 0 Å². The largest absolute Gasteiger partial charge is 0.448 e. The molecule has 1 aliphatic heterocycles. The van der Waals surface area contributed by atoms with Crippen molar-refractivity contribution in [3.8, 4) is 0 Å². The highest BCUT2D eigenvalue weighted by Crippen LogP contribution is 2.18. The number of aliphatic hydroxyl groups excluding tert-OH is 1. The SMILES string of the molecule is Cc1ocnc1CN1CCCC(CO)C1. The number of piperidine rings is 1. The molecule has 0 spiro atoms. The van der Waals surface area contributed by atoms with Crippen LogP contribution in [0.15, 0.2) is 10.8 Å². The zero-order chi connectivity index (χ0) is 10.7. The van der Waals surface area contributed by atoms with Crippen LogP contribution in [0.3, 0.4) is 0 Å². The molecule has 0 aliphatic carbocycles. The summed E-state index contributed by atoms with van der Waals surface area (Å²) in [5, 5.41) is 9.13. The van der Waals surface area contributed by atoms with E-state index in [1.807, 2.05) is 6.92 Å². The van der Waals surface area contributed by atoms with E-state index in [1.54, 1.807) is 0 Å². The Balaban J connectivity index is 1.92. The molecule has 4 heteroatoms. The molecule has 4 nitrogen and oxygen atoms in total. The van der Waals surface area contributed by atoms with Gasteiger partial charge in [-0.25, -0.2) is 4.98 Å². The summed E-state index contributed by atoms with van der Waals surface area (Å²) in [5.74, 6) is 1.34. The second-order valence-corrected chi connectivity index (χ2v) is 4.28. The summed E-state index contributed by atoms with van der Waals surface area (Å²) in [6.45, 7) is 5.16. The first-order valence-corrected chi connectivity index (χ1v) is 5.51. The van der Waals surface area contributed by atoms with Crippen molar-refractivity contribution < 1.29 is 9.52 Å². The molecule has 2 rings (SSSR count). The monoisotopic (exact) mass is 210 g/mol. The molecule has 84 valence electrons. The highest BCUT2D eigenvalue weighted by molar-refractivity contribution is 5.04. The Bertz CT molecular complexity index is 311. The number of oxazole rings is 1. The molecule has 1 aliphatic rings. The van der Waals surface area contributed by atoms with Gasteiger partial charge in [-0.1, -0.05) is 0 Å². The van der Waals surface area contributed by atoms with Gasteiger partial charge in [0.15, 0.2) is 6.39 Å². The smallest absolute Gasteiger partial charge is 0.181 e. The lowest BCUT2D eigenvalue weighted by Gasteiger charge is -2.31. The molecule has 0 bridgehead atoms. The number of aryl methyl sites for hydroxylation is 1. The lowest BCUT2D eigenvalue weighted by atomic mass is 9.99. The molecule has 15 heavy (non-hydrogen) atoms. The van der Waals surface area contributed by atoms with Crippen LogP contribution in [-0.4, -0.2) is 34.7 Å². The van der Waals surface area contributed by atoms with E-state index in [4.69, 9.17) is 9.52 Å². The lowest BCUT2D eigenvalue weighted by Crippen LogP contribution is -2.36. The van der Waals surface area contributed by atoms with E-state index in [1.165, 1.54) is 12.8 Å². The Labute approximate surface area is 89.9 Å². The van der Waals surface area contributed by atoms with Gasteiger partial charge in [0.05, 0.1) is 5.69 Å². The van der Waals surface area contributed by atoms with Crippen molar-refractivity contribution in [1.82, 2.24) is 9.88 Å². The summed E-state index contributed by atoms with van der Waals surface area (Å²) in [5.41, 5.74) is 1.02. The fourth-order valence-electron chi connectivity index (χ4n) is 2.14. The van der Waals surface area contributed by atoms with Crippen molar-refractivity contribution in [3.05, 3.63) is 17.8 Å². The summed E-state index contributed by atoms with van der Waals surface area (Å²) < 4.78 is 5.17. The van der Waals surface area contributed by atoms with Gasteiger partial charge in [0.1, 0.15) is 5.76 Å². The summed E-state index contributed by atoms with van der Waals surface area (Å²) >= 11 is 0. The number of rotatable bonds is 3. The van der Waals surface area contributed by atoms with Crippen LogP contribution < -0.4 is 0 Å². The van der Waals surface area contributed by atoms with E-state index in [9.17, 15) is 0 Å². The van der Waals surface area contributed by atoms with E-state index < -0.39 is 0 Å². The topological polar surface area (TPSA) is 49.5 Å². The van der Waals surface area contributed by atoms with Gasteiger partial charge >= 0.3 is 0 Å². The second-order valence-electron chi connectivity index (χ2n) is 4.28. The minimum Gasteiger partial charge on any atom is -0.448 e. The van der Waals surface area contributed by atoms with Gasteiger partial charge in [-0.15, -0.1) is 0 Å². The molecule has 1 N–H and O–H groups in total. The van der Waals surface area contributed by atoms with Gasteiger partial charge in [0, 0.05) is 19.7 Å². The van der Waals surface area contributed by atoms with Crippen LogP contribution in [0.1, 0.15) is 24.3 Å². The van der Waals surface area contributed by atoms with Gasteiger partial charge in [-0.3, -0.25) is 4.90 Å². The zero-order valence-electron chi connectivity index (χ0n) is 9.15. The minimum absolute atomic E-state index is 0.300. The predicted molar refractivity (Wildman–Crippen MR) is 56.3 cm³/mol. The van der Waals surface area contributed by atoms with Crippen molar-refractivity contribution in [2.24, 2.45) is 5.92 Å². The Hall–Kier alpha value is -0.870. The third kappa shape index (κ3) is 2.58. The molecule has 0 radical (unpaired) electrons. The minimum atomic E-state index is 0.300. The van der Waals surface area contributed by atoms with Gasteiger partial charge in [-0.05, 0) is 32.2 Å². The molecule has 1 unspecified atom stereocenters. The molecule has 1 saturated heterocycles. The van der Waals surface area contributed by atoms with E-state index in [0.29, 0.717) is 12.5 Å². The summed E-state index contributed by atoms with van der Waals surface area (Å²) in [6, 6.07) is 0. The van der Waals surface area contributed by atoms with Crippen LogP contribution in [0.5, 0.6) is 0 Å². The Kier molecular flexibility index (Phi) is 3.38. The molecule has 1 atom stereocenters. The first-order valence-electron chi connectivity index (χ1n) is 5.51. The molecule has 1 aromatic heterocycles. The molecule has 1 fully saturated rings. The highest BCUT2D eigenvalue weighted by Gasteiger charge is 2.20. The average Bonchev–Trinajstić information content (AvgIpc) is 2.65. The van der Waals surface area contributed by atoms with Gasteiger partial charge < -0.3 is 9.52 Å². The average molecular weight is 210 g/mol. The Morgan fingerprint density at radius 2 is 2.53 bits per heavy atom. The molecule has 0 aromatic carbocycles. The van der Waals surface area contributed by atoms with Crippen LogP contribution in [0.2, 0.25) is 0 Å². The summed E-state index contributed by atoms with van der Waals surface area (Å²) in [7, 11) is 0. The molecule has 2 heterocycles. The summed E-state index contributed by atoms with van der Waals surface area (Å²) in [4.78, 5) is 6.53. The van der Waals surface area contributed by atoms with E-state index in [2.05, 4.69) is 9.88 Å². The third-order valence-corrected chi connectivity index (χ3v) is 3.08. The molecule has 0 amide bonds. The lowest BCUT2D eigenvalue weighted by molar-refractivity contribution is 0.115. The number of aromatic nitrogens is 1. The van der Waals surface area contributed by atoms with Gasteiger partial charge in [-0.2, -0.15) is 0 Å². The maximum Gasteiger partial charge on any atom is 0.181 e. The Morgan fingerprint density at radius 3 is 3.20 bits per heavy atom. The van der Waals surface area contributed by atoms with Crippen LogP contribution in [0, 0.1) is 12.8 Å². The van der Waals surface area contributed by atoms with Crippen molar-refractivity contribution in [3.63, 3.8) is 0 Å². The van der Waals surface area contributed by atoms with E-state index >= 15 is 0 Å². The predicted octanol–water partition coefficient (Wildman–Crippen LogP) is 1.19. The normalized spacial score (nSPS) is 23.2. The first-order chi connectivity index (χ1) is 7.29. The number of hydrogen-bond acceptors (Lipinski definition) is 4. The van der Waals surface area contributed by atoms with Gasteiger partial charge in [0.25, 0.3) is 0 Å². The standard InChI is InChI=1S/C11H18N2O2/c1-9-11(12-8-15-9)6-13-4-2-3-10(5-13)7-14/h8,10,14H,2-7H2,1H3. The van der Waals surface area contributed by atoms with Crippen LogP contribution in [0.25, 0.3) is 0 Å². The fourth-order valence-corrected chi connectivity index (χ4v) is 2.14. The quantitative estimate of drug-likeness (QED) is 0.814. The van der Waals surface area contributed by atoms with Crippen molar-refractivity contribution in [2.45, 2.75) is 26.3 Å². The maximum absolute atomic E-state index is 9.13. The highest BCUT2D eigenvalue weighted by atomic mass is 16.3. The van der Waals surface area contributed by atoms with Crippen LogP contribution in [0.4, 0.5) is 0 Å². The van der Waals surface area contributed by atoms with E-state index in [-0.39, 0.29) is 0 Å². The Morgan fingerprint density at radius 1 is 1.67 bits per heavy atom. The van der Waals surface area contributed by atoms with Crippen molar-refractivity contribution >= 4 is 0 Å². The summed E-state index contributed by atoms with van der Waals surface area (Å²) in [6.07, 6.45) is 3.81. The maximum atomic E-state index is 9.13. The second kappa shape index (κ2) is 4.77. The number of hydrogen-bond donors (Lipinski definition) is 1. The van der Waals surface area contributed by atoms with Crippen LogP contribution in [-0.2, 0) is 6.54 Å². The molecular weight excluding hydrogens is 192 g/mol. The van der Waals surface area contributed by atoms with Gasteiger partial charge in [0.2, 0.25) is 0 Å².